The number of benzene rings is 1. The normalized spacial score (nSPS) is 21.6. The molecule has 160 valence electrons. The Bertz CT molecular complexity index is 769. The van der Waals surface area contributed by atoms with Gasteiger partial charge in [-0.05, 0) is 56.2 Å². The maximum atomic E-state index is 13.3. The molecule has 0 saturated carbocycles. The molecule has 8 heteroatoms. The summed E-state index contributed by atoms with van der Waals surface area (Å²) in [5.41, 5.74) is 2.83. The maximum Gasteiger partial charge on any atom is 0.416 e. The van der Waals surface area contributed by atoms with Crippen LogP contribution >= 0.6 is 0 Å². The summed E-state index contributed by atoms with van der Waals surface area (Å²) in [6, 6.07) is 5.03. The molecule has 2 heterocycles. The molecule has 1 fully saturated rings. The molecule has 0 radical (unpaired) electrons. The van der Waals surface area contributed by atoms with Crippen molar-refractivity contribution in [1.29, 1.82) is 0 Å². The van der Waals surface area contributed by atoms with E-state index in [1.807, 2.05) is 19.9 Å². The Balaban J connectivity index is 1.66. The highest BCUT2D eigenvalue weighted by molar-refractivity contribution is 5.85. The van der Waals surface area contributed by atoms with E-state index >= 15 is 0 Å². The van der Waals surface area contributed by atoms with Crippen molar-refractivity contribution >= 4 is 5.91 Å². The molecule has 29 heavy (non-hydrogen) atoms. The number of nitrogens with zero attached hydrogens (tertiary/aromatic N) is 1. The number of halogens is 3. The van der Waals surface area contributed by atoms with E-state index in [0.717, 1.165) is 11.6 Å². The van der Waals surface area contributed by atoms with Crippen molar-refractivity contribution in [3.05, 3.63) is 47.0 Å². The lowest BCUT2D eigenvalue weighted by Gasteiger charge is -2.37. The SMILES string of the molecule is CC1(C)CC=C(C(NN)C(=O)N2CCC(c3ccccc3C(F)(F)F)CC2)CO1. The average molecular weight is 411 g/mol. The van der Waals surface area contributed by atoms with E-state index in [-0.39, 0.29) is 17.4 Å². The molecule has 1 amide bonds. The van der Waals surface area contributed by atoms with Crippen LogP contribution in [0.5, 0.6) is 0 Å². The third-order valence-electron chi connectivity index (χ3n) is 5.78. The Hall–Kier alpha value is -1.90. The summed E-state index contributed by atoms with van der Waals surface area (Å²) in [7, 11) is 0. The van der Waals surface area contributed by atoms with Crippen molar-refractivity contribution in [3.63, 3.8) is 0 Å². The Morgan fingerprint density at radius 1 is 1.28 bits per heavy atom. The van der Waals surface area contributed by atoms with Gasteiger partial charge in [0.05, 0.1) is 17.8 Å². The molecule has 3 N–H and O–H groups in total. The lowest BCUT2D eigenvalue weighted by Crippen LogP contribution is -2.53. The van der Waals surface area contributed by atoms with Gasteiger partial charge in [-0.1, -0.05) is 24.3 Å². The van der Waals surface area contributed by atoms with Crippen LogP contribution in [0.1, 0.15) is 50.2 Å². The summed E-state index contributed by atoms with van der Waals surface area (Å²) in [6.45, 7) is 5.08. The van der Waals surface area contributed by atoms with E-state index in [1.54, 1.807) is 17.0 Å². The van der Waals surface area contributed by atoms with Crippen molar-refractivity contribution in [3.8, 4) is 0 Å². The van der Waals surface area contributed by atoms with Gasteiger partial charge in [-0.3, -0.25) is 10.6 Å². The number of carbonyl (C=O) groups excluding carboxylic acids is 1. The van der Waals surface area contributed by atoms with Crippen molar-refractivity contribution < 1.29 is 22.7 Å². The molecule has 3 rings (SSSR count). The minimum Gasteiger partial charge on any atom is -0.371 e. The lowest BCUT2D eigenvalue weighted by molar-refractivity contribution is -0.139. The van der Waals surface area contributed by atoms with Gasteiger partial charge in [0, 0.05) is 13.1 Å². The monoisotopic (exact) mass is 411 g/mol. The summed E-state index contributed by atoms with van der Waals surface area (Å²) >= 11 is 0. The van der Waals surface area contributed by atoms with Crippen LogP contribution < -0.4 is 11.3 Å². The first-order valence-corrected chi connectivity index (χ1v) is 9.86. The molecule has 2 aliphatic heterocycles. The van der Waals surface area contributed by atoms with Crippen LogP contribution in [0.25, 0.3) is 0 Å². The second kappa shape index (κ2) is 8.45. The molecule has 0 aliphatic carbocycles. The van der Waals surface area contributed by atoms with Crippen LogP contribution in [0, 0.1) is 0 Å². The largest absolute Gasteiger partial charge is 0.416 e. The van der Waals surface area contributed by atoms with Gasteiger partial charge in [-0.25, -0.2) is 5.43 Å². The van der Waals surface area contributed by atoms with Crippen molar-refractivity contribution in [2.75, 3.05) is 19.7 Å². The number of amides is 1. The van der Waals surface area contributed by atoms with Crippen LogP contribution in [0.4, 0.5) is 13.2 Å². The van der Waals surface area contributed by atoms with Gasteiger partial charge < -0.3 is 9.64 Å². The Kier molecular flexibility index (Phi) is 6.36. The Labute approximate surface area is 169 Å². The number of likely N-dealkylation sites (tertiary alicyclic amines) is 1. The number of nitrogens with two attached hydrogens (primary N) is 1. The van der Waals surface area contributed by atoms with E-state index in [4.69, 9.17) is 10.6 Å². The zero-order chi connectivity index (χ0) is 21.2. The fraction of sp³-hybridized carbons (Fsp3) is 0.571. The minimum atomic E-state index is -4.38. The fourth-order valence-corrected chi connectivity index (χ4v) is 4.02. The highest BCUT2D eigenvalue weighted by atomic mass is 19.4. The predicted molar refractivity (Wildman–Crippen MR) is 104 cm³/mol. The first-order chi connectivity index (χ1) is 13.6. The summed E-state index contributed by atoms with van der Waals surface area (Å²) in [4.78, 5) is 14.6. The van der Waals surface area contributed by atoms with Crippen LogP contribution in [-0.4, -0.2) is 42.1 Å². The minimum absolute atomic E-state index is 0.162. The third-order valence-corrected chi connectivity index (χ3v) is 5.78. The molecule has 0 aromatic heterocycles. The van der Waals surface area contributed by atoms with E-state index in [0.29, 0.717) is 44.5 Å². The molecule has 1 aromatic rings. The Morgan fingerprint density at radius 2 is 1.93 bits per heavy atom. The van der Waals surface area contributed by atoms with Crippen LogP contribution in [0.15, 0.2) is 35.9 Å². The number of carbonyl (C=O) groups is 1. The van der Waals surface area contributed by atoms with Gasteiger partial charge in [0.1, 0.15) is 6.04 Å². The third kappa shape index (κ3) is 4.99. The topological polar surface area (TPSA) is 67.6 Å². The number of piperidine rings is 1. The van der Waals surface area contributed by atoms with E-state index in [1.165, 1.54) is 6.07 Å². The molecule has 5 nitrogen and oxygen atoms in total. The number of rotatable bonds is 4. The second-order valence-corrected chi connectivity index (χ2v) is 8.32. The van der Waals surface area contributed by atoms with Crippen molar-refractivity contribution in [2.24, 2.45) is 5.84 Å². The van der Waals surface area contributed by atoms with Gasteiger partial charge in [-0.15, -0.1) is 0 Å². The van der Waals surface area contributed by atoms with Crippen molar-refractivity contribution in [1.82, 2.24) is 10.3 Å². The van der Waals surface area contributed by atoms with Crippen molar-refractivity contribution in [2.45, 2.75) is 56.8 Å². The summed E-state index contributed by atoms with van der Waals surface area (Å²) in [5, 5.41) is 0. The number of ether oxygens (including phenoxy) is 1. The van der Waals surface area contributed by atoms with Crippen LogP contribution in [0.2, 0.25) is 0 Å². The first-order valence-electron chi connectivity index (χ1n) is 9.86. The first kappa shape index (κ1) is 21.8. The maximum absolute atomic E-state index is 13.3. The zero-order valence-electron chi connectivity index (χ0n) is 16.8. The standard InChI is InChI=1S/C21H28F3N3O2/c1-20(2)10-7-15(13-29-20)18(26-25)19(28)27-11-8-14(9-12-27)16-5-3-4-6-17(16)21(22,23)24/h3-7,14,18,26H,8-13,25H2,1-2H3. The smallest absolute Gasteiger partial charge is 0.371 e. The number of hydrazine groups is 1. The lowest BCUT2D eigenvalue weighted by atomic mass is 9.86. The average Bonchev–Trinajstić information content (AvgIpc) is 2.69. The molecule has 1 atom stereocenters. The van der Waals surface area contributed by atoms with E-state index in [2.05, 4.69) is 5.43 Å². The molecular formula is C21H28F3N3O2. The van der Waals surface area contributed by atoms with Gasteiger partial charge in [0.15, 0.2) is 0 Å². The highest BCUT2D eigenvalue weighted by Crippen LogP contribution is 2.38. The zero-order valence-corrected chi connectivity index (χ0v) is 16.8. The molecule has 1 saturated heterocycles. The van der Waals surface area contributed by atoms with Gasteiger partial charge >= 0.3 is 6.18 Å². The number of hydrogen-bond donors (Lipinski definition) is 2. The quantitative estimate of drug-likeness (QED) is 0.453. The fourth-order valence-electron chi connectivity index (χ4n) is 4.02. The second-order valence-electron chi connectivity index (χ2n) is 8.32. The molecule has 2 aliphatic rings. The number of alkyl halides is 3. The predicted octanol–water partition coefficient (Wildman–Crippen LogP) is 3.37. The van der Waals surface area contributed by atoms with Crippen LogP contribution in [0.3, 0.4) is 0 Å². The summed E-state index contributed by atoms with van der Waals surface area (Å²) < 4.78 is 45.7. The van der Waals surface area contributed by atoms with Gasteiger partial charge in [0.2, 0.25) is 5.91 Å². The van der Waals surface area contributed by atoms with Gasteiger partial charge in [-0.2, -0.15) is 13.2 Å². The molecule has 1 unspecified atom stereocenters. The van der Waals surface area contributed by atoms with E-state index < -0.39 is 17.8 Å². The molecule has 0 spiro atoms. The number of nitrogens with one attached hydrogen (secondary N) is 1. The Morgan fingerprint density at radius 3 is 2.48 bits per heavy atom. The van der Waals surface area contributed by atoms with E-state index in [9.17, 15) is 18.0 Å². The molecular weight excluding hydrogens is 383 g/mol. The highest BCUT2D eigenvalue weighted by Gasteiger charge is 2.37. The summed E-state index contributed by atoms with van der Waals surface area (Å²) in [6.07, 6.45) is -0.737. The molecule has 0 bridgehead atoms. The molecule has 1 aromatic carbocycles. The van der Waals surface area contributed by atoms with Gasteiger partial charge in [0.25, 0.3) is 0 Å². The number of hydrogen-bond acceptors (Lipinski definition) is 4. The summed E-state index contributed by atoms with van der Waals surface area (Å²) in [5.74, 6) is 5.26. The van der Waals surface area contributed by atoms with Crippen LogP contribution in [-0.2, 0) is 15.7 Å².